The molecule has 0 aliphatic heterocycles. The molecule has 3 nitrogen and oxygen atoms in total. The van der Waals surface area contributed by atoms with E-state index in [0.717, 1.165) is 19.6 Å². The van der Waals surface area contributed by atoms with E-state index in [-0.39, 0.29) is 0 Å². The van der Waals surface area contributed by atoms with E-state index in [4.69, 9.17) is 4.74 Å². The highest BCUT2D eigenvalue weighted by atomic mass is 16.5. The van der Waals surface area contributed by atoms with Crippen LogP contribution >= 0.6 is 0 Å². The summed E-state index contributed by atoms with van der Waals surface area (Å²) in [5.74, 6) is 0. The Morgan fingerprint density at radius 2 is 0.625 bits per heavy atom. The topological polar surface area (TPSA) is 38.7 Å². The Morgan fingerprint density at radius 1 is 0.375 bits per heavy atom. The van der Waals surface area contributed by atoms with Crippen LogP contribution in [0.15, 0.2) is 4.99 Å². The fourth-order valence-corrected chi connectivity index (χ4v) is 5.77. The van der Waals surface area contributed by atoms with Gasteiger partial charge in [0.05, 0.1) is 6.54 Å². The second-order valence-electron chi connectivity index (χ2n) is 12.5. The number of carbonyl (C=O) groups excluding carboxylic acids is 1. The van der Waals surface area contributed by atoms with Crippen LogP contribution in [-0.4, -0.2) is 25.8 Å². The van der Waals surface area contributed by atoms with Crippen LogP contribution in [0.5, 0.6) is 0 Å². The van der Waals surface area contributed by atoms with Gasteiger partial charge in [0, 0.05) is 13.2 Å². The Bertz CT molecular complexity index is 489. The summed E-state index contributed by atoms with van der Waals surface area (Å²) in [6.07, 6.45) is 46.1. The third-order valence-electron chi connectivity index (χ3n) is 8.52. The maximum atomic E-state index is 9.99. The van der Waals surface area contributed by atoms with Gasteiger partial charge in [0.15, 0.2) is 0 Å². The van der Waals surface area contributed by atoms with Crippen LogP contribution in [0, 0.1) is 0 Å². The van der Waals surface area contributed by atoms with E-state index in [2.05, 4.69) is 11.9 Å². The Hall–Kier alpha value is -0.660. The van der Waals surface area contributed by atoms with Gasteiger partial charge in [-0.3, -0.25) is 0 Å². The van der Waals surface area contributed by atoms with Crippen molar-refractivity contribution in [3.05, 3.63) is 0 Å². The molecule has 40 heavy (non-hydrogen) atoms. The van der Waals surface area contributed by atoms with Gasteiger partial charge < -0.3 is 4.74 Å². The summed E-state index contributed by atoms with van der Waals surface area (Å²) in [7, 11) is 0. The van der Waals surface area contributed by atoms with Crippen LogP contribution in [0.25, 0.3) is 0 Å². The summed E-state index contributed by atoms with van der Waals surface area (Å²) in [4.78, 5) is 13.6. The van der Waals surface area contributed by atoms with Gasteiger partial charge >= 0.3 is 0 Å². The number of rotatable bonds is 36. The van der Waals surface area contributed by atoms with Crippen molar-refractivity contribution in [3.8, 4) is 0 Å². The molecule has 0 rings (SSSR count). The molecular weight excluding hydrogens is 490 g/mol. The van der Waals surface area contributed by atoms with E-state index in [1.54, 1.807) is 6.08 Å². The minimum absolute atomic E-state index is 0.661. The van der Waals surface area contributed by atoms with Gasteiger partial charge in [0.2, 0.25) is 6.08 Å². The standard InChI is InChI=1S/C37H73NO2/c1-2-3-4-5-6-7-8-9-10-11-12-13-14-15-17-20-23-26-29-32-35-40-36-33-30-27-24-21-18-16-19-22-25-28-31-34-38-37-39/h2-36H2,1H3. The molecule has 0 saturated carbocycles. The molecule has 0 aromatic heterocycles. The molecule has 0 heterocycles. The van der Waals surface area contributed by atoms with Crippen LogP contribution in [-0.2, 0) is 9.53 Å². The summed E-state index contributed by atoms with van der Waals surface area (Å²) in [6.45, 7) is 4.91. The number of unbranched alkanes of at least 4 members (excludes halogenated alkanes) is 30. The largest absolute Gasteiger partial charge is 0.381 e. The number of ether oxygens (including phenoxy) is 1. The van der Waals surface area contributed by atoms with Gasteiger partial charge in [-0.25, -0.2) is 9.79 Å². The molecule has 0 saturated heterocycles. The van der Waals surface area contributed by atoms with Crippen molar-refractivity contribution in [2.24, 2.45) is 4.99 Å². The third kappa shape index (κ3) is 37.3. The van der Waals surface area contributed by atoms with E-state index in [9.17, 15) is 4.79 Å². The number of hydrogen-bond donors (Lipinski definition) is 0. The van der Waals surface area contributed by atoms with Crippen molar-refractivity contribution < 1.29 is 9.53 Å². The average molecular weight is 564 g/mol. The lowest BCUT2D eigenvalue weighted by Gasteiger charge is -2.05. The summed E-state index contributed by atoms with van der Waals surface area (Å²) in [5, 5.41) is 0. The van der Waals surface area contributed by atoms with Crippen molar-refractivity contribution in [1.29, 1.82) is 0 Å². The maximum Gasteiger partial charge on any atom is 0.234 e. The predicted molar refractivity (Wildman–Crippen MR) is 177 cm³/mol. The first-order valence-corrected chi connectivity index (χ1v) is 18.5. The number of aliphatic imine (C=N–C) groups is 1. The zero-order valence-corrected chi connectivity index (χ0v) is 27.5. The van der Waals surface area contributed by atoms with E-state index in [1.807, 2.05) is 0 Å². The first kappa shape index (κ1) is 39.3. The predicted octanol–water partition coefficient (Wildman–Crippen LogP) is 12.8. The fraction of sp³-hybridized carbons (Fsp3) is 0.973. The molecule has 238 valence electrons. The van der Waals surface area contributed by atoms with E-state index >= 15 is 0 Å². The summed E-state index contributed by atoms with van der Waals surface area (Å²) < 4.78 is 5.86. The maximum absolute atomic E-state index is 9.99. The van der Waals surface area contributed by atoms with Crippen LogP contribution in [0.1, 0.15) is 212 Å². The molecule has 0 spiro atoms. The molecule has 0 bridgehead atoms. The van der Waals surface area contributed by atoms with Crippen LogP contribution < -0.4 is 0 Å². The lowest BCUT2D eigenvalue weighted by atomic mass is 10.0. The van der Waals surface area contributed by atoms with Crippen molar-refractivity contribution in [1.82, 2.24) is 0 Å². The van der Waals surface area contributed by atoms with Crippen LogP contribution in [0.4, 0.5) is 0 Å². The highest BCUT2D eigenvalue weighted by molar-refractivity contribution is 5.32. The molecule has 3 heteroatoms. The molecule has 0 atom stereocenters. The van der Waals surface area contributed by atoms with Gasteiger partial charge in [0.1, 0.15) is 0 Å². The summed E-state index contributed by atoms with van der Waals surface area (Å²) in [5.41, 5.74) is 0. The molecule has 0 fully saturated rings. The first-order chi connectivity index (χ1) is 19.9. The molecule has 0 aliphatic carbocycles. The molecule has 0 aliphatic rings. The molecule has 0 aromatic carbocycles. The molecule has 0 aromatic rings. The average Bonchev–Trinajstić information content (AvgIpc) is 2.97. The minimum Gasteiger partial charge on any atom is -0.381 e. The third-order valence-corrected chi connectivity index (χ3v) is 8.52. The smallest absolute Gasteiger partial charge is 0.234 e. The highest BCUT2D eigenvalue weighted by Crippen LogP contribution is 2.15. The minimum atomic E-state index is 0.661. The van der Waals surface area contributed by atoms with E-state index in [0.29, 0.717) is 6.54 Å². The Morgan fingerprint density at radius 3 is 0.900 bits per heavy atom. The van der Waals surface area contributed by atoms with Crippen molar-refractivity contribution in [3.63, 3.8) is 0 Å². The molecule has 0 N–H and O–H groups in total. The second kappa shape index (κ2) is 38.3. The zero-order valence-electron chi connectivity index (χ0n) is 27.5. The number of nitrogens with zero attached hydrogens (tertiary/aromatic N) is 1. The Balaban J connectivity index is 3.03. The quantitative estimate of drug-likeness (QED) is 0.0432. The fourth-order valence-electron chi connectivity index (χ4n) is 5.77. The number of isocyanates is 1. The lowest BCUT2D eigenvalue weighted by Crippen LogP contribution is -1.97. The van der Waals surface area contributed by atoms with Gasteiger partial charge in [-0.05, 0) is 19.3 Å². The SMILES string of the molecule is CCCCCCCCCCCCCCCCCCCCCCOCCCCCCCCCCCCCCN=C=O. The molecular formula is C37H73NO2. The van der Waals surface area contributed by atoms with E-state index < -0.39 is 0 Å². The van der Waals surface area contributed by atoms with Gasteiger partial charge in [-0.1, -0.05) is 193 Å². The Labute approximate surface area is 252 Å². The van der Waals surface area contributed by atoms with Crippen molar-refractivity contribution in [2.45, 2.75) is 212 Å². The van der Waals surface area contributed by atoms with Gasteiger partial charge in [-0.2, -0.15) is 0 Å². The van der Waals surface area contributed by atoms with Crippen LogP contribution in [0.2, 0.25) is 0 Å². The summed E-state index contributed by atoms with van der Waals surface area (Å²) >= 11 is 0. The number of hydrogen-bond acceptors (Lipinski definition) is 3. The summed E-state index contributed by atoms with van der Waals surface area (Å²) in [6, 6.07) is 0. The van der Waals surface area contributed by atoms with Crippen LogP contribution in [0.3, 0.4) is 0 Å². The van der Waals surface area contributed by atoms with Crippen molar-refractivity contribution in [2.75, 3.05) is 19.8 Å². The van der Waals surface area contributed by atoms with Gasteiger partial charge in [-0.15, -0.1) is 0 Å². The second-order valence-corrected chi connectivity index (χ2v) is 12.5. The highest BCUT2D eigenvalue weighted by Gasteiger charge is 1.97. The molecule has 0 amide bonds. The van der Waals surface area contributed by atoms with Gasteiger partial charge in [0.25, 0.3) is 0 Å². The molecule has 0 radical (unpaired) electrons. The Kier molecular flexibility index (Phi) is 37.7. The van der Waals surface area contributed by atoms with E-state index in [1.165, 1.54) is 199 Å². The van der Waals surface area contributed by atoms with Crippen molar-refractivity contribution >= 4 is 6.08 Å². The first-order valence-electron chi connectivity index (χ1n) is 18.5. The lowest BCUT2D eigenvalue weighted by molar-refractivity contribution is 0.125. The zero-order chi connectivity index (χ0) is 28.9. The monoisotopic (exact) mass is 564 g/mol. The normalized spacial score (nSPS) is 11.2. The molecule has 0 unspecified atom stereocenters.